The summed E-state index contributed by atoms with van der Waals surface area (Å²) in [5.74, 6) is 0. The van der Waals surface area contributed by atoms with Gasteiger partial charge >= 0.3 is 0 Å². The van der Waals surface area contributed by atoms with Gasteiger partial charge in [-0.15, -0.1) is 0 Å². The van der Waals surface area contributed by atoms with E-state index in [0.717, 1.165) is 16.8 Å². The minimum absolute atomic E-state index is 0.340. The molecule has 0 saturated heterocycles. The van der Waals surface area contributed by atoms with Gasteiger partial charge in [-0.1, -0.05) is 30.3 Å². The monoisotopic (exact) mass is 288 g/mol. The molecule has 1 heterocycles. The molecule has 2 aromatic carbocycles. The first-order chi connectivity index (χ1) is 9.59. The molecule has 0 bridgehead atoms. The van der Waals surface area contributed by atoms with Crippen LogP contribution in [-0.2, 0) is 23.0 Å². The first kappa shape index (κ1) is 13.1. The van der Waals surface area contributed by atoms with Crippen molar-refractivity contribution >= 4 is 15.7 Å². The normalized spacial score (nSPS) is 15.8. The van der Waals surface area contributed by atoms with E-state index in [2.05, 4.69) is 0 Å². The Balaban J connectivity index is 1.95. The molecule has 5 heteroatoms. The van der Waals surface area contributed by atoms with Gasteiger partial charge in [-0.2, -0.15) is 4.31 Å². The average Bonchev–Trinajstić information content (AvgIpc) is 2.48. The summed E-state index contributed by atoms with van der Waals surface area (Å²) in [5, 5.41) is 0. The van der Waals surface area contributed by atoms with E-state index in [4.69, 9.17) is 5.73 Å². The molecule has 1 aliphatic heterocycles. The van der Waals surface area contributed by atoms with E-state index in [1.165, 1.54) is 4.31 Å². The summed E-state index contributed by atoms with van der Waals surface area (Å²) >= 11 is 0. The molecule has 0 atom stereocenters. The fourth-order valence-electron chi connectivity index (χ4n) is 2.56. The maximum atomic E-state index is 12.6. The van der Waals surface area contributed by atoms with Gasteiger partial charge in [0.25, 0.3) is 0 Å². The number of benzene rings is 2. The fourth-order valence-corrected chi connectivity index (χ4v) is 4.00. The van der Waals surface area contributed by atoms with Crippen LogP contribution in [-0.4, -0.2) is 19.3 Å². The molecule has 0 saturated carbocycles. The first-order valence-corrected chi connectivity index (χ1v) is 7.94. The molecule has 20 heavy (non-hydrogen) atoms. The van der Waals surface area contributed by atoms with E-state index >= 15 is 0 Å². The van der Waals surface area contributed by atoms with Crippen LogP contribution in [0.15, 0.2) is 53.4 Å². The highest BCUT2D eigenvalue weighted by atomic mass is 32.2. The molecule has 1 aliphatic rings. The maximum absolute atomic E-state index is 12.6. The second-order valence-electron chi connectivity index (χ2n) is 4.89. The Morgan fingerprint density at radius 1 is 1.00 bits per heavy atom. The molecule has 104 valence electrons. The van der Waals surface area contributed by atoms with E-state index in [9.17, 15) is 8.42 Å². The summed E-state index contributed by atoms with van der Waals surface area (Å²) in [5.41, 5.74) is 8.76. The van der Waals surface area contributed by atoms with Gasteiger partial charge in [-0.05, 0) is 35.7 Å². The predicted octanol–water partition coefficient (Wildman–Crippen LogP) is 2.02. The molecule has 4 nitrogen and oxygen atoms in total. The van der Waals surface area contributed by atoms with Gasteiger partial charge in [-0.3, -0.25) is 0 Å². The lowest BCUT2D eigenvalue weighted by atomic mass is 9.99. The molecule has 3 rings (SSSR count). The van der Waals surface area contributed by atoms with Crippen LogP contribution in [0.5, 0.6) is 0 Å². The Kier molecular flexibility index (Phi) is 3.23. The highest BCUT2D eigenvalue weighted by molar-refractivity contribution is 7.89. The van der Waals surface area contributed by atoms with Gasteiger partial charge < -0.3 is 5.73 Å². The fraction of sp³-hybridized carbons (Fsp3) is 0.200. The van der Waals surface area contributed by atoms with Gasteiger partial charge in [0.1, 0.15) is 0 Å². The van der Waals surface area contributed by atoms with Gasteiger partial charge in [0, 0.05) is 18.8 Å². The number of nitrogens with zero attached hydrogens (tertiary/aromatic N) is 1. The SMILES string of the molecule is Nc1cccc2c1CCN(S(=O)(=O)c1ccccc1)C2. The Morgan fingerprint density at radius 2 is 1.75 bits per heavy atom. The van der Waals surface area contributed by atoms with Crippen molar-refractivity contribution in [3.63, 3.8) is 0 Å². The van der Waals surface area contributed by atoms with Crippen LogP contribution in [0.3, 0.4) is 0 Å². The highest BCUT2D eigenvalue weighted by Crippen LogP contribution is 2.27. The van der Waals surface area contributed by atoms with Gasteiger partial charge in [0.15, 0.2) is 0 Å². The molecule has 0 radical (unpaired) electrons. The lowest BCUT2D eigenvalue weighted by Gasteiger charge is -2.28. The summed E-state index contributed by atoms with van der Waals surface area (Å²) in [4.78, 5) is 0.340. The first-order valence-electron chi connectivity index (χ1n) is 6.50. The molecule has 0 fully saturated rings. The van der Waals surface area contributed by atoms with E-state index < -0.39 is 10.0 Å². The summed E-state index contributed by atoms with van der Waals surface area (Å²) < 4.78 is 26.7. The van der Waals surface area contributed by atoms with Crippen molar-refractivity contribution in [1.29, 1.82) is 0 Å². The third kappa shape index (κ3) is 2.19. The van der Waals surface area contributed by atoms with E-state index in [0.29, 0.717) is 24.4 Å². The molecule has 0 aromatic heterocycles. The number of hydrogen-bond donors (Lipinski definition) is 1. The minimum Gasteiger partial charge on any atom is -0.398 e. The summed E-state index contributed by atoms with van der Waals surface area (Å²) in [6.45, 7) is 0.857. The second-order valence-corrected chi connectivity index (χ2v) is 6.82. The van der Waals surface area contributed by atoms with Gasteiger partial charge in [0.05, 0.1) is 4.90 Å². The molecule has 2 aromatic rings. The molecular weight excluding hydrogens is 272 g/mol. The quantitative estimate of drug-likeness (QED) is 0.860. The zero-order valence-electron chi connectivity index (χ0n) is 11.0. The van der Waals surface area contributed by atoms with Gasteiger partial charge in [0.2, 0.25) is 10.0 Å². The summed E-state index contributed by atoms with van der Waals surface area (Å²) in [6, 6.07) is 14.2. The highest BCUT2D eigenvalue weighted by Gasteiger charge is 2.28. The Hall–Kier alpha value is -1.85. The minimum atomic E-state index is -3.43. The Morgan fingerprint density at radius 3 is 2.50 bits per heavy atom. The van der Waals surface area contributed by atoms with Gasteiger partial charge in [-0.25, -0.2) is 8.42 Å². The van der Waals surface area contributed by atoms with Crippen molar-refractivity contribution in [2.24, 2.45) is 0 Å². The number of nitrogens with two attached hydrogens (primary N) is 1. The van der Waals surface area contributed by atoms with Crippen molar-refractivity contribution in [1.82, 2.24) is 4.31 Å². The third-order valence-corrected chi connectivity index (χ3v) is 5.51. The second kappa shape index (κ2) is 4.92. The van der Waals surface area contributed by atoms with Crippen molar-refractivity contribution < 1.29 is 8.42 Å². The van der Waals surface area contributed by atoms with E-state index in [1.54, 1.807) is 24.3 Å². The van der Waals surface area contributed by atoms with Crippen LogP contribution in [0.4, 0.5) is 5.69 Å². The molecule has 2 N–H and O–H groups in total. The maximum Gasteiger partial charge on any atom is 0.243 e. The van der Waals surface area contributed by atoms with Crippen LogP contribution in [0.2, 0.25) is 0 Å². The predicted molar refractivity (Wildman–Crippen MR) is 78.6 cm³/mol. The Bertz CT molecular complexity index is 727. The molecule has 0 amide bonds. The molecule has 0 aliphatic carbocycles. The lowest BCUT2D eigenvalue weighted by Crippen LogP contribution is -2.36. The summed E-state index contributed by atoms with van der Waals surface area (Å²) in [6.07, 6.45) is 0.661. The van der Waals surface area contributed by atoms with Crippen LogP contribution < -0.4 is 5.73 Å². The Labute approximate surface area is 118 Å². The number of anilines is 1. The van der Waals surface area contributed by atoms with E-state index in [1.807, 2.05) is 24.3 Å². The number of fused-ring (bicyclic) bond motifs is 1. The smallest absolute Gasteiger partial charge is 0.243 e. The molecule has 0 unspecified atom stereocenters. The zero-order valence-corrected chi connectivity index (χ0v) is 11.8. The van der Waals surface area contributed by atoms with Crippen molar-refractivity contribution in [2.75, 3.05) is 12.3 Å². The van der Waals surface area contributed by atoms with Crippen molar-refractivity contribution in [3.8, 4) is 0 Å². The zero-order chi connectivity index (χ0) is 14.2. The number of hydrogen-bond acceptors (Lipinski definition) is 3. The van der Waals surface area contributed by atoms with Crippen molar-refractivity contribution in [2.45, 2.75) is 17.9 Å². The number of nitrogen functional groups attached to an aromatic ring is 1. The van der Waals surface area contributed by atoms with Crippen LogP contribution >= 0.6 is 0 Å². The topological polar surface area (TPSA) is 63.4 Å². The third-order valence-electron chi connectivity index (χ3n) is 3.65. The standard InChI is InChI=1S/C15H16N2O2S/c16-15-8-4-5-12-11-17(10-9-14(12)15)20(18,19)13-6-2-1-3-7-13/h1-8H,9-11,16H2. The largest absolute Gasteiger partial charge is 0.398 e. The number of sulfonamides is 1. The summed E-state index contributed by atoms with van der Waals surface area (Å²) in [7, 11) is -3.43. The lowest BCUT2D eigenvalue weighted by molar-refractivity contribution is 0.392. The molecular formula is C15H16N2O2S. The van der Waals surface area contributed by atoms with Crippen LogP contribution in [0.1, 0.15) is 11.1 Å². The van der Waals surface area contributed by atoms with Crippen molar-refractivity contribution in [3.05, 3.63) is 59.7 Å². The number of rotatable bonds is 2. The van der Waals surface area contributed by atoms with Crippen LogP contribution in [0, 0.1) is 0 Å². The van der Waals surface area contributed by atoms with E-state index in [-0.39, 0.29) is 0 Å². The average molecular weight is 288 g/mol. The molecule has 0 spiro atoms. The van der Waals surface area contributed by atoms with Crippen LogP contribution in [0.25, 0.3) is 0 Å².